The van der Waals surface area contributed by atoms with Crippen LogP contribution in [0, 0.1) is 0 Å². The molecule has 2 N–H and O–H groups in total. The van der Waals surface area contributed by atoms with Gasteiger partial charge in [0.05, 0.1) is 11.3 Å². The Morgan fingerprint density at radius 1 is 1.32 bits per heavy atom. The van der Waals surface area contributed by atoms with Gasteiger partial charge >= 0.3 is 6.18 Å². The van der Waals surface area contributed by atoms with Crippen LogP contribution in [-0.4, -0.2) is 39.2 Å². The highest BCUT2D eigenvalue weighted by molar-refractivity contribution is 5.92. The van der Waals surface area contributed by atoms with E-state index in [-0.39, 0.29) is 29.4 Å². The summed E-state index contributed by atoms with van der Waals surface area (Å²) in [6, 6.07) is 6.44. The van der Waals surface area contributed by atoms with Crippen LogP contribution in [0.1, 0.15) is 35.8 Å². The summed E-state index contributed by atoms with van der Waals surface area (Å²) in [5.41, 5.74) is 5.61. The van der Waals surface area contributed by atoms with Gasteiger partial charge in [0.25, 0.3) is 5.91 Å². The van der Waals surface area contributed by atoms with E-state index >= 15 is 0 Å². The summed E-state index contributed by atoms with van der Waals surface area (Å²) in [5, 5.41) is 4.16. The van der Waals surface area contributed by atoms with Crippen molar-refractivity contribution >= 4 is 5.91 Å². The molecule has 1 aliphatic rings. The predicted molar refractivity (Wildman–Crippen MR) is 86.3 cm³/mol. The zero-order valence-electron chi connectivity index (χ0n) is 13.7. The molecule has 0 bridgehead atoms. The smallest absolute Gasteiger partial charge is 0.334 e. The van der Waals surface area contributed by atoms with Crippen molar-refractivity contribution in [2.24, 2.45) is 5.73 Å². The highest BCUT2D eigenvalue weighted by atomic mass is 19.4. The van der Waals surface area contributed by atoms with Crippen molar-refractivity contribution in [3.05, 3.63) is 47.8 Å². The van der Waals surface area contributed by atoms with Gasteiger partial charge in [-0.1, -0.05) is 6.07 Å². The van der Waals surface area contributed by atoms with Gasteiger partial charge < -0.3 is 10.6 Å². The van der Waals surface area contributed by atoms with Crippen molar-refractivity contribution in [3.63, 3.8) is 0 Å². The summed E-state index contributed by atoms with van der Waals surface area (Å²) in [5.74, 6) is -0.231. The molecule has 0 unspecified atom stereocenters. The first-order chi connectivity index (χ1) is 11.8. The minimum atomic E-state index is -4.43. The number of carbonyl (C=O) groups excluding carboxylic acids is 1. The molecule has 3 rings (SSSR count). The second-order valence-corrected chi connectivity index (χ2v) is 6.33. The van der Waals surface area contributed by atoms with Crippen LogP contribution in [0.3, 0.4) is 0 Å². The Morgan fingerprint density at radius 3 is 2.76 bits per heavy atom. The number of alkyl halides is 3. The molecule has 8 heteroatoms. The topological polar surface area (TPSA) is 64.2 Å². The van der Waals surface area contributed by atoms with Gasteiger partial charge in [0.1, 0.15) is 0 Å². The van der Waals surface area contributed by atoms with Crippen LogP contribution < -0.4 is 5.73 Å². The van der Waals surface area contributed by atoms with E-state index in [1.165, 1.54) is 29.1 Å². The van der Waals surface area contributed by atoms with Crippen LogP contribution in [-0.2, 0) is 6.18 Å². The van der Waals surface area contributed by atoms with Gasteiger partial charge in [0, 0.05) is 24.8 Å². The number of nitrogens with two attached hydrogens (primary N) is 1. The average molecular weight is 352 g/mol. The Kier molecular flexibility index (Phi) is 4.55. The van der Waals surface area contributed by atoms with E-state index in [4.69, 9.17) is 5.73 Å². The number of carbonyl (C=O) groups is 1. The van der Waals surface area contributed by atoms with Crippen molar-refractivity contribution in [2.45, 2.75) is 38.0 Å². The summed E-state index contributed by atoms with van der Waals surface area (Å²) in [7, 11) is 0. The molecule has 0 saturated carbocycles. The van der Waals surface area contributed by atoms with Crippen LogP contribution in [0.4, 0.5) is 13.2 Å². The maximum absolute atomic E-state index is 12.8. The summed E-state index contributed by atoms with van der Waals surface area (Å²) >= 11 is 0. The number of hydrogen-bond donors (Lipinski definition) is 1. The fourth-order valence-corrected chi connectivity index (χ4v) is 3.06. The van der Waals surface area contributed by atoms with E-state index in [0.29, 0.717) is 6.54 Å². The Bertz CT molecular complexity index is 771. The number of hydrogen-bond acceptors (Lipinski definition) is 3. The first-order valence-electron chi connectivity index (χ1n) is 8.05. The van der Waals surface area contributed by atoms with Crippen LogP contribution in [0.2, 0.25) is 0 Å². The van der Waals surface area contributed by atoms with Gasteiger partial charge in [-0.3, -0.25) is 4.79 Å². The molecule has 134 valence electrons. The summed E-state index contributed by atoms with van der Waals surface area (Å²) in [6.07, 6.45) is -1.49. The van der Waals surface area contributed by atoms with E-state index in [2.05, 4.69) is 5.10 Å². The fraction of sp³-hybridized carbons (Fsp3) is 0.412. The largest absolute Gasteiger partial charge is 0.416 e. The molecule has 5 nitrogen and oxygen atoms in total. The molecule has 2 heterocycles. The van der Waals surface area contributed by atoms with Crippen LogP contribution in [0.25, 0.3) is 5.69 Å². The van der Waals surface area contributed by atoms with E-state index < -0.39 is 11.7 Å². The Labute approximate surface area is 143 Å². The zero-order valence-corrected chi connectivity index (χ0v) is 13.7. The van der Waals surface area contributed by atoms with Crippen molar-refractivity contribution in [2.75, 3.05) is 6.54 Å². The lowest BCUT2D eigenvalue weighted by atomic mass is 9.99. The molecule has 1 aliphatic heterocycles. The SMILES string of the molecule is C[C@@H]1C[C@@H](N)CCN1C(=O)c1ccn(-c2cccc(C(F)(F)F)c2)n1. The number of benzene rings is 1. The minimum Gasteiger partial charge on any atom is -0.334 e. The van der Waals surface area contributed by atoms with Crippen LogP contribution in [0.5, 0.6) is 0 Å². The number of likely N-dealkylation sites (tertiary alicyclic amines) is 1. The molecule has 0 spiro atoms. The lowest BCUT2D eigenvalue weighted by molar-refractivity contribution is -0.137. The standard InChI is InChI=1S/C17H19F3N4O/c1-11-9-13(21)5-7-23(11)16(25)15-6-8-24(22-15)14-4-2-3-12(10-14)17(18,19)20/h2-4,6,8,10-11,13H,5,7,9,21H2,1H3/t11-,13+/m1/s1. The summed E-state index contributed by atoms with van der Waals surface area (Å²) in [6.45, 7) is 2.48. The van der Waals surface area contributed by atoms with Gasteiger partial charge in [0.15, 0.2) is 5.69 Å². The van der Waals surface area contributed by atoms with Crippen molar-refractivity contribution in [3.8, 4) is 5.69 Å². The third-order valence-electron chi connectivity index (χ3n) is 4.42. The molecule has 2 atom stereocenters. The predicted octanol–water partition coefficient (Wildman–Crippen LogP) is 2.84. The molecular formula is C17H19F3N4O. The highest BCUT2D eigenvalue weighted by Crippen LogP contribution is 2.30. The third-order valence-corrected chi connectivity index (χ3v) is 4.42. The average Bonchev–Trinajstić information content (AvgIpc) is 3.04. The van der Waals surface area contributed by atoms with E-state index in [9.17, 15) is 18.0 Å². The monoisotopic (exact) mass is 352 g/mol. The summed E-state index contributed by atoms with van der Waals surface area (Å²) < 4.78 is 39.8. The van der Waals surface area contributed by atoms with Crippen molar-refractivity contribution in [1.82, 2.24) is 14.7 Å². The molecule has 1 saturated heterocycles. The first-order valence-corrected chi connectivity index (χ1v) is 8.05. The number of rotatable bonds is 2. The quantitative estimate of drug-likeness (QED) is 0.904. The maximum Gasteiger partial charge on any atom is 0.416 e. The van der Waals surface area contributed by atoms with Crippen LogP contribution >= 0.6 is 0 Å². The van der Waals surface area contributed by atoms with Gasteiger partial charge in [0.2, 0.25) is 0 Å². The number of halogens is 3. The number of amides is 1. The molecule has 2 aromatic rings. The number of nitrogens with zero attached hydrogens (tertiary/aromatic N) is 3. The molecule has 1 fully saturated rings. The summed E-state index contributed by atoms with van der Waals surface area (Å²) in [4.78, 5) is 14.3. The van der Waals surface area contributed by atoms with E-state index in [1.807, 2.05) is 6.92 Å². The van der Waals surface area contributed by atoms with Crippen LogP contribution in [0.15, 0.2) is 36.5 Å². The normalized spacial score (nSPS) is 21.4. The highest BCUT2D eigenvalue weighted by Gasteiger charge is 2.31. The molecule has 0 radical (unpaired) electrons. The molecule has 1 aromatic carbocycles. The Hall–Kier alpha value is -2.35. The van der Waals surface area contributed by atoms with Gasteiger partial charge in [-0.2, -0.15) is 18.3 Å². The van der Waals surface area contributed by atoms with Crippen molar-refractivity contribution < 1.29 is 18.0 Å². The lowest BCUT2D eigenvalue weighted by Crippen LogP contribution is -2.48. The van der Waals surface area contributed by atoms with Gasteiger partial charge in [-0.25, -0.2) is 4.68 Å². The molecule has 1 aromatic heterocycles. The molecule has 0 aliphatic carbocycles. The molecule has 1 amide bonds. The van der Waals surface area contributed by atoms with Crippen molar-refractivity contribution in [1.29, 1.82) is 0 Å². The second kappa shape index (κ2) is 6.51. The Balaban J connectivity index is 1.82. The fourth-order valence-electron chi connectivity index (χ4n) is 3.06. The lowest BCUT2D eigenvalue weighted by Gasteiger charge is -2.35. The first kappa shape index (κ1) is 17.5. The second-order valence-electron chi connectivity index (χ2n) is 6.33. The molecule has 25 heavy (non-hydrogen) atoms. The zero-order chi connectivity index (χ0) is 18.2. The van der Waals surface area contributed by atoms with E-state index in [0.717, 1.165) is 25.0 Å². The van der Waals surface area contributed by atoms with E-state index in [1.54, 1.807) is 4.90 Å². The van der Waals surface area contributed by atoms with Gasteiger partial charge in [-0.15, -0.1) is 0 Å². The number of piperidine rings is 1. The maximum atomic E-state index is 12.8. The minimum absolute atomic E-state index is 0.00922. The molecular weight excluding hydrogens is 333 g/mol. The Morgan fingerprint density at radius 2 is 2.08 bits per heavy atom. The van der Waals surface area contributed by atoms with Gasteiger partial charge in [-0.05, 0) is 44.0 Å². The number of aromatic nitrogens is 2. The third kappa shape index (κ3) is 3.68.